The molecule has 0 N–H and O–H groups in total. The van der Waals surface area contributed by atoms with Gasteiger partial charge in [0.15, 0.2) is 15.0 Å². The lowest BCUT2D eigenvalue weighted by molar-refractivity contribution is 0.415. The number of ether oxygens (including phenoxy) is 1. The van der Waals surface area contributed by atoms with Crippen LogP contribution >= 0.6 is 11.8 Å². The molecule has 1 fully saturated rings. The molecule has 0 aromatic heterocycles. The Morgan fingerprint density at radius 3 is 2.62 bits per heavy atom. The third-order valence-corrected chi connectivity index (χ3v) is 7.40. The summed E-state index contributed by atoms with van der Waals surface area (Å²) in [6.07, 6.45) is 0. The van der Waals surface area contributed by atoms with Gasteiger partial charge in [-0.2, -0.15) is 0 Å². The van der Waals surface area contributed by atoms with Crippen LogP contribution in [0.15, 0.2) is 59.6 Å². The maximum absolute atomic E-state index is 12.1. The molecule has 26 heavy (non-hydrogen) atoms. The van der Waals surface area contributed by atoms with Gasteiger partial charge in [0, 0.05) is 5.75 Å². The van der Waals surface area contributed by atoms with Gasteiger partial charge in [0.25, 0.3) is 0 Å². The van der Waals surface area contributed by atoms with E-state index in [4.69, 9.17) is 9.73 Å². The second kappa shape index (κ2) is 6.96. The average molecular weight is 389 g/mol. The molecule has 0 saturated carbocycles. The highest BCUT2D eigenvalue weighted by molar-refractivity contribution is 8.13. The minimum absolute atomic E-state index is 0.124. The van der Waals surface area contributed by atoms with Gasteiger partial charge >= 0.3 is 0 Å². The fourth-order valence-corrected chi connectivity index (χ4v) is 6.38. The number of hydrogen-bond acceptors (Lipinski definition) is 6. The van der Waals surface area contributed by atoms with Crippen LogP contribution in [0.2, 0.25) is 0 Å². The predicted octanol–water partition coefficient (Wildman–Crippen LogP) is 2.97. The molecule has 0 radical (unpaired) electrons. The van der Waals surface area contributed by atoms with Gasteiger partial charge in [-0.1, -0.05) is 54.2 Å². The van der Waals surface area contributed by atoms with Gasteiger partial charge in [-0.05, 0) is 17.7 Å². The number of methoxy groups -OCH3 is 1. The van der Waals surface area contributed by atoms with E-state index in [9.17, 15) is 8.42 Å². The Kier molecular flexibility index (Phi) is 4.67. The van der Waals surface area contributed by atoms with Crippen LogP contribution in [0, 0.1) is 0 Å². The largest absolute Gasteiger partial charge is 0.495 e. The molecule has 0 aliphatic carbocycles. The summed E-state index contributed by atoms with van der Waals surface area (Å²) >= 11 is 1.64. The molecule has 136 valence electrons. The number of anilines is 1. The molecule has 4 rings (SSSR count). The third kappa shape index (κ3) is 3.33. The standard InChI is InChI=1S/C19H20N2O3S2/c1-24-18-10-6-5-9-16(18)21-17-13-26(22,23)12-15(17)20-19(21)25-11-14-7-3-2-4-8-14/h2-10,15,17H,11-13H2,1H3/t15-,17+/m1/s1. The normalized spacial score (nSPS) is 23.6. The quantitative estimate of drug-likeness (QED) is 0.806. The van der Waals surface area contributed by atoms with Gasteiger partial charge in [-0.3, -0.25) is 4.99 Å². The number of aliphatic imine (C=N–C) groups is 1. The van der Waals surface area contributed by atoms with Crippen molar-refractivity contribution in [1.29, 1.82) is 0 Å². The van der Waals surface area contributed by atoms with E-state index < -0.39 is 9.84 Å². The van der Waals surface area contributed by atoms with Crippen LogP contribution in [0.1, 0.15) is 5.56 Å². The van der Waals surface area contributed by atoms with Gasteiger partial charge in [0.1, 0.15) is 5.75 Å². The molecule has 2 aromatic rings. The van der Waals surface area contributed by atoms with Crippen LogP contribution in [0.3, 0.4) is 0 Å². The first-order chi connectivity index (χ1) is 12.6. The number of rotatable bonds is 4. The highest BCUT2D eigenvalue weighted by Gasteiger charge is 2.47. The Bertz CT molecular complexity index is 929. The van der Waals surface area contributed by atoms with Crippen molar-refractivity contribution < 1.29 is 13.2 Å². The van der Waals surface area contributed by atoms with Crippen LogP contribution in [0.25, 0.3) is 0 Å². The number of thioether (sulfide) groups is 1. The molecular formula is C19H20N2O3S2. The number of nitrogens with zero attached hydrogens (tertiary/aromatic N) is 2. The summed E-state index contributed by atoms with van der Waals surface area (Å²) in [6, 6.07) is 17.6. The summed E-state index contributed by atoms with van der Waals surface area (Å²) in [7, 11) is -1.42. The zero-order valence-corrected chi connectivity index (χ0v) is 16.0. The number of amidine groups is 1. The number of sulfone groups is 1. The third-order valence-electron chi connectivity index (χ3n) is 4.66. The molecule has 0 spiro atoms. The van der Waals surface area contributed by atoms with E-state index in [1.54, 1.807) is 18.9 Å². The first-order valence-electron chi connectivity index (χ1n) is 8.44. The number of hydrogen-bond donors (Lipinski definition) is 0. The Labute approximate surface area is 158 Å². The minimum atomic E-state index is -3.06. The van der Waals surface area contributed by atoms with Gasteiger partial charge in [0.2, 0.25) is 0 Å². The van der Waals surface area contributed by atoms with Crippen molar-refractivity contribution in [3.8, 4) is 5.75 Å². The van der Waals surface area contributed by atoms with Crippen molar-refractivity contribution in [3.63, 3.8) is 0 Å². The first kappa shape index (κ1) is 17.4. The summed E-state index contributed by atoms with van der Waals surface area (Å²) in [5, 5.41) is 0.864. The summed E-state index contributed by atoms with van der Waals surface area (Å²) in [5.74, 6) is 1.77. The Morgan fingerprint density at radius 2 is 1.85 bits per heavy atom. The van der Waals surface area contributed by atoms with Crippen molar-refractivity contribution in [1.82, 2.24) is 0 Å². The molecular weight excluding hydrogens is 368 g/mol. The van der Waals surface area contributed by atoms with E-state index in [1.807, 2.05) is 42.5 Å². The van der Waals surface area contributed by atoms with E-state index in [2.05, 4.69) is 17.0 Å². The van der Waals surface area contributed by atoms with E-state index in [-0.39, 0.29) is 23.6 Å². The molecule has 0 bridgehead atoms. The average Bonchev–Trinajstić information content (AvgIpc) is 3.11. The summed E-state index contributed by atoms with van der Waals surface area (Å²) in [4.78, 5) is 6.82. The van der Waals surface area contributed by atoms with Crippen LogP contribution < -0.4 is 9.64 Å². The lowest BCUT2D eigenvalue weighted by Gasteiger charge is -2.27. The molecule has 7 heteroatoms. The smallest absolute Gasteiger partial charge is 0.164 e. The lowest BCUT2D eigenvalue weighted by atomic mass is 10.1. The summed E-state index contributed by atoms with van der Waals surface area (Å²) < 4.78 is 29.8. The Balaban J connectivity index is 1.66. The van der Waals surface area contributed by atoms with E-state index in [0.29, 0.717) is 0 Å². The van der Waals surface area contributed by atoms with Crippen molar-refractivity contribution in [3.05, 3.63) is 60.2 Å². The molecule has 2 aliphatic rings. The van der Waals surface area contributed by atoms with Crippen molar-refractivity contribution >= 4 is 32.5 Å². The zero-order chi connectivity index (χ0) is 18.1. The molecule has 5 nitrogen and oxygen atoms in total. The topological polar surface area (TPSA) is 59.0 Å². The van der Waals surface area contributed by atoms with Crippen LogP contribution in [-0.2, 0) is 15.6 Å². The second-order valence-electron chi connectivity index (χ2n) is 6.44. The molecule has 2 atom stereocenters. The zero-order valence-electron chi connectivity index (χ0n) is 14.4. The van der Waals surface area contributed by atoms with Gasteiger partial charge in [-0.15, -0.1) is 0 Å². The number of fused-ring (bicyclic) bond motifs is 1. The minimum Gasteiger partial charge on any atom is -0.495 e. The van der Waals surface area contributed by atoms with E-state index in [1.165, 1.54) is 5.56 Å². The highest BCUT2D eigenvalue weighted by Crippen LogP contribution is 2.39. The van der Waals surface area contributed by atoms with Crippen molar-refractivity contribution in [2.45, 2.75) is 17.8 Å². The fourth-order valence-electron chi connectivity index (χ4n) is 3.47. The molecule has 2 heterocycles. The van der Waals surface area contributed by atoms with Crippen LogP contribution in [0.4, 0.5) is 5.69 Å². The van der Waals surface area contributed by atoms with E-state index >= 15 is 0 Å². The lowest BCUT2D eigenvalue weighted by Crippen LogP contribution is -2.39. The first-order valence-corrected chi connectivity index (χ1v) is 11.3. The monoisotopic (exact) mass is 388 g/mol. The van der Waals surface area contributed by atoms with Crippen molar-refractivity contribution in [2.24, 2.45) is 4.99 Å². The summed E-state index contributed by atoms with van der Waals surface area (Å²) in [5.41, 5.74) is 2.09. The highest BCUT2D eigenvalue weighted by atomic mass is 32.2. The summed E-state index contributed by atoms with van der Waals surface area (Å²) in [6.45, 7) is 0. The molecule has 0 unspecified atom stereocenters. The Morgan fingerprint density at radius 1 is 1.12 bits per heavy atom. The molecule has 2 aromatic carbocycles. The molecule has 2 aliphatic heterocycles. The fraction of sp³-hybridized carbons (Fsp3) is 0.316. The predicted molar refractivity (Wildman–Crippen MR) is 107 cm³/mol. The second-order valence-corrected chi connectivity index (χ2v) is 9.54. The van der Waals surface area contributed by atoms with Crippen LogP contribution in [0.5, 0.6) is 5.75 Å². The van der Waals surface area contributed by atoms with Gasteiger partial charge < -0.3 is 9.64 Å². The van der Waals surface area contributed by atoms with Crippen LogP contribution in [-0.4, -0.2) is 44.3 Å². The molecule has 0 amide bonds. The maximum Gasteiger partial charge on any atom is 0.164 e. The van der Waals surface area contributed by atoms with Gasteiger partial charge in [0.05, 0.1) is 36.4 Å². The molecule has 1 saturated heterocycles. The maximum atomic E-state index is 12.1. The van der Waals surface area contributed by atoms with Crippen molar-refractivity contribution in [2.75, 3.05) is 23.5 Å². The number of benzene rings is 2. The Hall–Kier alpha value is -1.99. The van der Waals surface area contributed by atoms with Gasteiger partial charge in [-0.25, -0.2) is 8.42 Å². The van der Waals surface area contributed by atoms with E-state index in [0.717, 1.165) is 22.4 Å². The SMILES string of the molecule is COc1ccccc1N1C(SCc2ccccc2)=N[C@@H]2CS(=O)(=O)C[C@@H]21. The number of para-hydroxylation sites is 2.